The van der Waals surface area contributed by atoms with E-state index in [1.165, 1.54) is 18.9 Å². The van der Waals surface area contributed by atoms with Gasteiger partial charge in [0.2, 0.25) is 5.95 Å². The Morgan fingerprint density at radius 2 is 1.97 bits per heavy atom. The van der Waals surface area contributed by atoms with Crippen LogP contribution in [0.2, 0.25) is 0 Å². The molecule has 3 aromatic rings. The summed E-state index contributed by atoms with van der Waals surface area (Å²) in [5.74, 6) is 0.682. The molecule has 7 nitrogen and oxygen atoms in total. The number of piperidine rings is 1. The van der Waals surface area contributed by atoms with Gasteiger partial charge in [-0.05, 0) is 101 Å². The number of hydrogen-bond acceptors (Lipinski definition) is 7. The summed E-state index contributed by atoms with van der Waals surface area (Å²) in [6.45, 7) is 9.36. The molecule has 1 fully saturated rings. The number of nitrogens with zero attached hydrogens (tertiary/aromatic N) is 5. The maximum absolute atomic E-state index is 14.3. The van der Waals surface area contributed by atoms with Crippen molar-refractivity contribution in [3.63, 3.8) is 0 Å². The van der Waals surface area contributed by atoms with Crippen molar-refractivity contribution in [2.45, 2.75) is 64.8 Å². The summed E-state index contributed by atoms with van der Waals surface area (Å²) in [5.41, 5.74) is 12.2. The third-order valence-electron chi connectivity index (χ3n) is 7.95. The van der Waals surface area contributed by atoms with Crippen LogP contribution in [-0.2, 0) is 11.3 Å². The van der Waals surface area contributed by atoms with Crippen LogP contribution in [-0.4, -0.2) is 51.3 Å². The minimum Gasteiger partial charge on any atom is -0.396 e. The van der Waals surface area contributed by atoms with Gasteiger partial charge in [0, 0.05) is 36.0 Å². The van der Waals surface area contributed by atoms with Crippen molar-refractivity contribution in [3.8, 4) is 11.1 Å². The molecule has 0 saturated carbocycles. The average molecular weight is 517 g/mol. The van der Waals surface area contributed by atoms with Crippen molar-refractivity contribution in [3.05, 3.63) is 71.1 Å². The van der Waals surface area contributed by atoms with E-state index < -0.39 is 0 Å². The lowest BCUT2D eigenvalue weighted by molar-refractivity contribution is 0.0980. The zero-order valence-electron chi connectivity index (χ0n) is 22.5. The van der Waals surface area contributed by atoms with Crippen LogP contribution in [0.25, 0.3) is 11.1 Å². The number of rotatable bonds is 7. The Labute approximate surface area is 224 Å². The van der Waals surface area contributed by atoms with Gasteiger partial charge in [-0.3, -0.25) is 4.98 Å². The molecule has 1 unspecified atom stereocenters. The first kappa shape index (κ1) is 26.2. The fraction of sp³-hybridized carbons (Fsp3) is 0.467. The lowest BCUT2D eigenvalue weighted by Gasteiger charge is -2.34. The number of aryl methyl sites for hydroxylation is 1. The average Bonchev–Trinajstić information content (AvgIpc) is 2.91. The van der Waals surface area contributed by atoms with Gasteiger partial charge >= 0.3 is 0 Å². The SMILES string of the molecule is Cc1nc(N)nc2c1/C(=N/OCCC1CCN(C(C)C)CC1)CC(c1ccc(F)cc1-c1cccnc1)C2. The first-order valence-electron chi connectivity index (χ1n) is 13.6. The maximum Gasteiger partial charge on any atom is 0.220 e. The molecular weight excluding hydrogens is 479 g/mol. The van der Waals surface area contributed by atoms with E-state index in [1.54, 1.807) is 18.5 Å². The minimum absolute atomic E-state index is 0.0368. The van der Waals surface area contributed by atoms with E-state index >= 15 is 0 Å². The number of fused-ring (bicyclic) bond motifs is 1. The Balaban J connectivity index is 1.37. The van der Waals surface area contributed by atoms with E-state index in [-0.39, 0.29) is 17.7 Å². The fourth-order valence-electron chi connectivity index (χ4n) is 5.88. The lowest BCUT2D eigenvalue weighted by atomic mass is 9.78. The molecule has 1 aliphatic heterocycles. The van der Waals surface area contributed by atoms with Gasteiger partial charge in [0.25, 0.3) is 0 Å². The number of pyridine rings is 1. The highest BCUT2D eigenvalue weighted by Gasteiger charge is 2.31. The summed E-state index contributed by atoms with van der Waals surface area (Å²) in [6.07, 6.45) is 8.20. The largest absolute Gasteiger partial charge is 0.396 e. The second-order valence-corrected chi connectivity index (χ2v) is 10.8. The van der Waals surface area contributed by atoms with E-state index in [1.807, 2.05) is 25.1 Å². The topological polar surface area (TPSA) is 89.5 Å². The molecule has 38 heavy (non-hydrogen) atoms. The molecule has 200 valence electrons. The molecule has 0 radical (unpaired) electrons. The van der Waals surface area contributed by atoms with Crippen LogP contribution in [0.5, 0.6) is 0 Å². The predicted molar refractivity (Wildman–Crippen MR) is 148 cm³/mol. The molecule has 5 rings (SSSR count). The normalized spacial score (nSPS) is 19.6. The van der Waals surface area contributed by atoms with Crippen LogP contribution in [0.1, 0.15) is 68.0 Å². The maximum atomic E-state index is 14.3. The molecule has 1 atom stereocenters. The zero-order chi connectivity index (χ0) is 26.6. The Bertz CT molecular complexity index is 1290. The van der Waals surface area contributed by atoms with Crippen molar-refractivity contribution in [2.24, 2.45) is 11.1 Å². The molecule has 1 saturated heterocycles. The van der Waals surface area contributed by atoms with Crippen LogP contribution >= 0.6 is 0 Å². The monoisotopic (exact) mass is 516 g/mol. The predicted octanol–water partition coefficient (Wildman–Crippen LogP) is 5.53. The summed E-state index contributed by atoms with van der Waals surface area (Å²) >= 11 is 0. The second kappa shape index (κ2) is 11.6. The standard InChI is InChI=1S/C30H37FN6O/c1-19(2)37-12-8-21(9-13-37)10-14-38-36-28-16-23(15-27-29(28)20(3)34-30(32)35-27)25-7-6-24(31)17-26(25)22-5-4-11-33-18-22/h4-7,11,17-19,21,23H,8-10,12-16H2,1-3H3,(H2,32,34,35)/b36-28+. The van der Waals surface area contributed by atoms with Gasteiger partial charge in [-0.15, -0.1) is 0 Å². The Hall–Kier alpha value is -3.39. The third-order valence-corrected chi connectivity index (χ3v) is 7.95. The van der Waals surface area contributed by atoms with Crippen LogP contribution in [0.3, 0.4) is 0 Å². The molecule has 0 bridgehead atoms. The van der Waals surface area contributed by atoms with E-state index in [0.29, 0.717) is 31.4 Å². The summed E-state index contributed by atoms with van der Waals surface area (Å²) in [6, 6.07) is 9.40. The number of anilines is 1. The van der Waals surface area contributed by atoms with Gasteiger partial charge in [0.05, 0.1) is 17.1 Å². The minimum atomic E-state index is -0.275. The van der Waals surface area contributed by atoms with Gasteiger partial charge in [0.1, 0.15) is 12.4 Å². The summed E-state index contributed by atoms with van der Waals surface area (Å²) in [7, 11) is 0. The van der Waals surface area contributed by atoms with Crippen molar-refractivity contribution in [2.75, 3.05) is 25.4 Å². The Morgan fingerprint density at radius 1 is 1.16 bits per heavy atom. The number of aromatic nitrogens is 3. The fourth-order valence-corrected chi connectivity index (χ4v) is 5.88. The Kier molecular flexibility index (Phi) is 7.98. The molecule has 2 N–H and O–H groups in total. The van der Waals surface area contributed by atoms with E-state index in [9.17, 15) is 4.39 Å². The lowest BCUT2D eigenvalue weighted by Crippen LogP contribution is -2.38. The van der Waals surface area contributed by atoms with Crippen LogP contribution in [0, 0.1) is 18.7 Å². The van der Waals surface area contributed by atoms with Crippen molar-refractivity contribution in [1.82, 2.24) is 19.9 Å². The van der Waals surface area contributed by atoms with Crippen molar-refractivity contribution >= 4 is 11.7 Å². The molecule has 8 heteroatoms. The van der Waals surface area contributed by atoms with Gasteiger partial charge in [0.15, 0.2) is 0 Å². The number of halogens is 1. The first-order valence-corrected chi connectivity index (χ1v) is 13.6. The molecule has 2 aromatic heterocycles. The highest BCUT2D eigenvalue weighted by molar-refractivity contribution is 6.03. The second-order valence-electron chi connectivity index (χ2n) is 10.8. The van der Waals surface area contributed by atoms with E-state index in [0.717, 1.165) is 58.9 Å². The number of oxime groups is 1. The first-order chi connectivity index (χ1) is 18.4. The molecule has 0 amide bonds. The molecule has 1 aromatic carbocycles. The van der Waals surface area contributed by atoms with Gasteiger partial charge in [-0.2, -0.15) is 0 Å². The molecule has 0 spiro atoms. The van der Waals surface area contributed by atoms with E-state index in [2.05, 4.69) is 38.9 Å². The van der Waals surface area contributed by atoms with Crippen molar-refractivity contribution in [1.29, 1.82) is 0 Å². The molecule has 1 aliphatic carbocycles. The Morgan fingerprint density at radius 3 is 2.71 bits per heavy atom. The quantitative estimate of drug-likeness (QED) is 0.328. The number of likely N-dealkylation sites (tertiary alicyclic amines) is 1. The van der Waals surface area contributed by atoms with Gasteiger partial charge in [-0.1, -0.05) is 17.3 Å². The number of nitrogen functional groups attached to an aromatic ring is 1. The number of benzene rings is 1. The zero-order valence-corrected chi connectivity index (χ0v) is 22.5. The van der Waals surface area contributed by atoms with Crippen molar-refractivity contribution < 1.29 is 9.23 Å². The third kappa shape index (κ3) is 5.85. The van der Waals surface area contributed by atoms with Crippen LogP contribution in [0.15, 0.2) is 47.9 Å². The van der Waals surface area contributed by atoms with E-state index in [4.69, 9.17) is 10.6 Å². The number of nitrogens with two attached hydrogens (primary N) is 1. The molecule has 2 aliphatic rings. The highest BCUT2D eigenvalue weighted by Crippen LogP contribution is 2.38. The highest BCUT2D eigenvalue weighted by atomic mass is 19.1. The molecular formula is C30H37FN6O. The smallest absolute Gasteiger partial charge is 0.220 e. The van der Waals surface area contributed by atoms with Crippen LogP contribution < -0.4 is 5.73 Å². The summed E-state index contributed by atoms with van der Waals surface area (Å²) in [4.78, 5) is 21.7. The number of hydrogen-bond donors (Lipinski definition) is 1. The van der Waals surface area contributed by atoms with Gasteiger partial charge in [-0.25, -0.2) is 14.4 Å². The summed E-state index contributed by atoms with van der Waals surface area (Å²) < 4.78 is 14.3. The van der Waals surface area contributed by atoms with Crippen LogP contribution in [0.4, 0.5) is 10.3 Å². The summed E-state index contributed by atoms with van der Waals surface area (Å²) in [5, 5.41) is 4.64. The van der Waals surface area contributed by atoms with Gasteiger partial charge < -0.3 is 15.5 Å². The molecule has 3 heterocycles.